The fourth-order valence-corrected chi connectivity index (χ4v) is 1.71. The summed E-state index contributed by atoms with van der Waals surface area (Å²) in [5.41, 5.74) is 1.10. The van der Waals surface area contributed by atoms with Crippen LogP contribution >= 0.6 is 22.6 Å². The largest absolute Gasteiger partial charge is 0.496 e. The minimum atomic E-state index is 0.552. The van der Waals surface area contributed by atoms with Gasteiger partial charge in [-0.1, -0.05) is 0 Å². The predicted octanol–water partition coefficient (Wildman–Crippen LogP) is 2.43. The van der Waals surface area contributed by atoms with Crippen LogP contribution in [0.2, 0.25) is 0 Å². The van der Waals surface area contributed by atoms with Crippen LogP contribution in [0.5, 0.6) is 5.75 Å². The second kappa shape index (κ2) is 5.21. The zero-order valence-electron chi connectivity index (χ0n) is 7.42. The van der Waals surface area contributed by atoms with Crippen molar-refractivity contribution in [2.45, 2.75) is 12.8 Å². The van der Waals surface area contributed by atoms with Crippen LogP contribution in [0.15, 0.2) is 18.2 Å². The van der Waals surface area contributed by atoms with Crippen LogP contribution in [0, 0.1) is 3.57 Å². The summed E-state index contributed by atoms with van der Waals surface area (Å²) < 4.78 is 6.34. The first-order valence-electron chi connectivity index (χ1n) is 4.04. The molecule has 1 aromatic carbocycles. The molecule has 0 atom stereocenters. The number of aldehydes is 1. The van der Waals surface area contributed by atoms with E-state index in [4.69, 9.17) is 4.74 Å². The highest BCUT2D eigenvalue weighted by molar-refractivity contribution is 14.1. The minimum Gasteiger partial charge on any atom is -0.496 e. The van der Waals surface area contributed by atoms with E-state index < -0.39 is 0 Å². The van der Waals surface area contributed by atoms with Gasteiger partial charge in [-0.15, -0.1) is 0 Å². The molecule has 3 heteroatoms. The second-order valence-electron chi connectivity index (χ2n) is 2.66. The monoisotopic (exact) mass is 290 g/mol. The molecule has 0 aliphatic carbocycles. The van der Waals surface area contributed by atoms with Gasteiger partial charge in [0.25, 0.3) is 0 Å². The van der Waals surface area contributed by atoms with Crippen LogP contribution < -0.4 is 4.74 Å². The van der Waals surface area contributed by atoms with Crippen molar-refractivity contribution in [3.05, 3.63) is 27.3 Å². The standard InChI is InChI=1S/C10H11IO2/c1-13-10-5-4-9(11)7-8(10)3-2-6-12/h4-7H,2-3H2,1H3. The number of hydrogen-bond acceptors (Lipinski definition) is 2. The topological polar surface area (TPSA) is 26.3 Å². The molecule has 0 aliphatic rings. The van der Waals surface area contributed by atoms with Gasteiger partial charge in [-0.2, -0.15) is 0 Å². The van der Waals surface area contributed by atoms with Crippen LogP contribution in [0.25, 0.3) is 0 Å². The molecule has 70 valence electrons. The predicted molar refractivity (Wildman–Crippen MR) is 60.1 cm³/mol. The van der Waals surface area contributed by atoms with Crippen molar-refractivity contribution in [1.29, 1.82) is 0 Å². The van der Waals surface area contributed by atoms with Gasteiger partial charge in [0, 0.05) is 9.99 Å². The first-order chi connectivity index (χ1) is 6.27. The fourth-order valence-electron chi connectivity index (χ4n) is 1.16. The molecular formula is C10H11IO2. The Morgan fingerprint density at radius 2 is 2.31 bits per heavy atom. The molecule has 0 N–H and O–H groups in total. The van der Waals surface area contributed by atoms with E-state index in [9.17, 15) is 4.79 Å². The quantitative estimate of drug-likeness (QED) is 0.629. The second-order valence-corrected chi connectivity index (χ2v) is 3.91. The minimum absolute atomic E-state index is 0.552. The number of halogens is 1. The van der Waals surface area contributed by atoms with Crippen molar-refractivity contribution in [3.63, 3.8) is 0 Å². The lowest BCUT2D eigenvalue weighted by atomic mass is 10.1. The Kier molecular flexibility index (Phi) is 4.21. The first kappa shape index (κ1) is 10.5. The summed E-state index contributed by atoms with van der Waals surface area (Å²) >= 11 is 2.25. The molecule has 0 fully saturated rings. The van der Waals surface area contributed by atoms with Crippen molar-refractivity contribution in [1.82, 2.24) is 0 Å². The molecule has 1 aromatic rings. The molecule has 0 radical (unpaired) electrons. The molecule has 0 aliphatic heterocycles. The zero-order valence-corrected chi connectivity index (χ0v) is 9.58. The fraction of sp³-hybridized carbons (Fsp3) is 0.300. The van der Waals surface area contributed by atoms with Crippen molar-refractivity contribution in [2.75, 3.05) is 7.11 Å². The molecule has 0 spiro atoms. The van der Waals surface area contributed by atoms with Gasteiger partial charge in [-0.3, -0.25) is 0 Å². The third kappa shape index (κ3) is 2.99. The number of rotatable bonds is 4. The third-order valence-electron chi connectivity index (χ3n) is 1.77. The van der Waals surface area contributed by atoms with Gasteiger partial charge in [-0.05, 0) is 52.8 Å². The molecule has 0 saturated heterocycles. The van der Waals surface area contributed by atoms with E-state index >= 15 is 0 Å². The summed E-state index contributed by atoms with van der Waals surface area (Å²) in [5, 5.41) is 0. The van der Waals surface area contributed by atoms with Crippen molar-refractivity contribution in [3.8, 4) is 5.75 Å². The molecule has 0 heterocycles. The number of methoxy groups -OCH3 is 1. The van der Waals surface area contributed by atoms with Crippen LogP contribution in [0.1, 0.15) is 12.0 Å². The van der Waals surface area contributed by atoms with Gasteiger partial charge in [-0.25, -0.2) is 0 Å². The molecule has 0 aromatic heterocycles. The number of carbonyl (C=O) groups excluding carboxylic acids is 1. The normalized spacial score (nSPS) is 9.69. The summed E-state index contributed by atoms with van der Waals surface area (Å²) in [6.45, 7) is 0. The van der Waals surface area contributed by atoms with Gasteiger partial charge in [0.1, 0.15) is 12.0 Å². The molecule has 0 bridgehead atoms. The van der Waals surface area contributed by atoms with Gasteiger partial charge >= 0.3 is 0 Å². The molecule has 2 nitrogen and oxygen atoms in total. The van der Waals surface area contributed by atoms with E-state index in [0.29, 0.717) is 6.42 Å². The van der Waals surface area contributed by atoms with E-state index in [-0.39, 0.29) is 0 Å². The van der Waals surface area contributed by atoms with Gasteiger partial charge in [0.05, 0.1) is 7.11 Å². The number of hydrogen-bond donors (Lipinski definition) is 0. The molecule has 0 amide bonds. The molecule has 0 saturated carbocycles. The maximum absolute atomic E-state index is 10.2. The maximum atomic E-state index is 10.2. The lowest BCUT2D eigenvalue weighted by molar-refractivity contribution is -0.107. The SMILES string of the molecule is COc1ccc(I)cc1CCC=O. The van der Waals surface area contributed by atoms with Gasteiger partial charge < -0.3 is 9.53 Å². The van der Waals surface area contributed by atoms with Crippen LogP contribution in [0.3, 0.4) is 0 Å². The third-order valence-corrected chi connectivity index (χ3v) is 2.44. The van der Waals surface area contributed by atoms with E-state index in [1.165, 1.54) is 3.57 Å². The van der Waals surface area contributed by atoms with E-state index in [2.05, 4.69) is 22.6 Å². The van der Waals surface area contributed by atoms with Crippen LogP contribution in [-0.2, 0) is 11.2 Å². The Balaban J connectivity index is 2.87. The zero-order chi connectivity index (χ0) is 9.68. The Hall–Kier alpha value is -0.580. The lowest BCUT2D eigenvalue weighted by Gasteiger charge is -2.06. The van der Waals surface area contributed by atoms with Crippen molar-refractivity contribution < 1.29 is 9.53 Å². The Morgan fingerprint density at radius 3 is 2.92 bits per heavy atom. The summed E-state index contributed by atoms with van der Waals surface area (Å²) in [7, 11) is 1.65. The molecular weight excluding hydrogens is 279 g/mol. The first-order valence-corrected chi connectivity index (χ1v) is 5.12. The van der Waals surface area contributed by atoms with Crippen LogP contribution in [-0.4, -0.2) is 13.4 Å². The molecule has 0 unspecified atom stereocenters. The van der Waals surface area contributed by atoms with Gasteiger partial charge in [0.15, 0.2) is 0 Å². The lowest BCUT2D eigenvalue weighted by Crippen LogP contribution is -1.93. The van der Waals surface area contributed by atoms with Crippen LogP contribution in [0.4, 0.5) is 0 Å². The average molecular weight is 290 g/mol. The summed E-state index contributed by atoms with van der Waals surface area (Å²) in [5.74, 6) is 0.863. The van der Waals surface area contributed by atoms with E-state index in [0.717, 1.165) is 24.0 Å². The van der Waals surface area contributed by atoms with Crippen molar-refractivity contribution >= 4 is 28.9 Å². The average Bonchev–Trinajstić information content (AvgIpc) is 2.15. The highest BCUT2D eigenvalue weighted by Crippen LogP contribution is 2.21. The smallest absolute Gasteiger partial charge is 0.122 e. The number of ether oxygens (including phenoxy) is 1. The Morgan fingerprint density at radius 1 is 1.54 bits per heavy atom. The van der Waals surface area contributed by atoms with Crippen molar-refractivity contribution in [2.24, 2.45) is 0 Å². The highest BCUT2D eigenvalue weighted by atomic mass is 127. The Labute approximate surface area is 91.4 Å². The number of benzene rings is 1. The highest BCUT2D eigenvalue weighted by Gasteiger charge is 2.02. The van der Waals surface area contributed by atoms with E-state index in [1.54, 1.807) is 7.11 Å². The van der Waals surface area contributed by atoms with E-state index in [1.807, 2.05) is 18.2 Å². The molecule has 13 heavy (non-hydrogen) atoms. The summed E-state index contributed by atoms with van der Waals surface area (Å²) in [6, 6.07) is 5.97. The molecule has 1 rings (SSSR count). The Bertz CT molecular complexity index is 297. The van der Waals surface area contributed by atoms with Gasteiger partial charge in [0.2, 0.25) is 0 Å². The number of aryl methyl sites for hydroxylation is 1. The summed E-state index contributed by atoms with van der Waals surface area (Å²) in [6.07, 6.45) is 2.24. The maximum Gasteiger partial charge on any atom is 0.122 e. The summed E-state index contributed by atoms with van der Waals surface area (Å²) in [4.78, 5) is 10.2. The number of carbonyl (C=O) groups is 1.